The second kappa shape index (κ2) is 4.72. The Morgan fingerprint density at radius 1 is 1.33 bits per heavy atom. The summed E-state index contributed by atoms with van der Waals surface area (Å²) in [4.78, 5) is 6.43. The summed E-state index contributed by atoms with van der Waals surface area (Å²) in [7, 11) is 3.92. The van der Waals surface area contributed by atoms with E-state index in [1.54, 1.807) is 10.7 Å². The number of nitrogen functional groups attached to an aromatic ring is 1. The molecule has 0 amide bonds. The summed E-state index contributed by atoms with van der Waals surface area (Å²) in [5.74, 6) is 1.13. The van der Waals surface area contributed by atoms with Crippen LogP contribution >= 0.6 is 0 Å². The molecule has 0 saturated heterocycles. The molecule has 3 heterocycles. The highest BCUT2D eigenvalue weighted by molar-refractivity contribution is 5.55. The molecule has 0 fully saturated rings. The first-order valence-electron chi connectivity index (χ1n) is 6.64. The molecule has 21 heavy (non-hydrogen) atoms. The topological polar surface area (TPSA) is 90.2 Å². The van der Waals surface area contributed by atoms with Crippen LogP contribution < -0.4 is 10.6 Å². The average molecular weight is 286 g/mol. The van der Waals surface area contributed by atoms with Gasteiger partial charge in [-0.2, -0.15) is 10.1 Å². The van der Waals surface area contributed by atoms with E-state index >= 15 is 0 Å². The molecule has 0 radical (unpaired) electrons. The summed E-state index contributed by atoms with van der Waals surface area (Å²) in [6.45, 7) is 4.79. The summed E-state index contributed by atoms with van der Waals surface area (Å²) >= 11 is 0. The maximum atomic E-state index is 5.93. The number of aromatic nitrogens is 6. The third-order valence-corrected chi connectivity index (χ3v) is 3.75. The Kier molecular flexibility index (Phi) is 3.00. The summed E-state index contributed by atoms with van der Waals surface area (Å²) < 4.78 is 3.54. The lowest BCUT2D eigenvalue weighted by atomic mass is 10.2. The molecule has 8 heteroatoms. The zero-order chi connectivity index (χ0) is 15.1. The molecule has 3 aromatic heterocycles. The quantitative estimate of drug-likeness (QED) is 0.762. The van der Waals surface area contributed by atoms with Crippen LogP contribution in [0.2, 0.25) is 0 Å². The van der Waals surface area contributed by atoms with E-state index in [0.29, 0.717) is 18.1 Å². The molecular weight excluding hydrogens is 268 g/mol. The van der Waals surface area contributed by atoms with Crippen molar-refractivity contribution in [2.24, 2.45) is 7.05 Å². The van der Waals surface area contributed by atoms with Crippen molar-refractivity contribution in [1.29, 1.82) is 0 Å². The molecule has 0 saturated carbocycles. The summed E-state index contributed by atoms with van der Waals surface area (Å²) in [5, 5.41) is 12.3. The smallest absolute Gasteiger partial charge is 0.209 e. The average Bonchev–Trinajstić information content (AvgIpc) is 2.99. The number of hydrogen-bond acceptors (Lipinski definition) is 6. The largest absolute Gasteiger partial charge is 0.369 e. The van der Waals surface area contributed by atoms with Gasteiger partial charge in [0.05, 0.1) is 5.69 Å². The molecule has 0 aromatic carbocycles. The molecule has 0 aliphatic heterocycles. The van der Waals surface area contributed by atoms with Gasteiger partial charge in [0, 0.05) is 38.0 Å². The van der Waals surface area contributed by atoms with Crippen LogP contribution in [0.1, 0.15) is 17.0 Å². The van der Waals surface area contributed by atoms with Gasteiger partial charge < -0.3 is 10.6 Å². The van der Waals surface area contributed by atoms with Crippen LogP contribution in [0.4, 0.5) is 11.8 Å². The van der Waals surface area contributed by atoms with Crippen molar-refractivity contribution >= 4 is 17.4 Å². The van der Waals surface area contributed by atoms with Crippen molar-refractivity contribution in [2.75, 3.05) is 17.7 Å². The van der Waals surface area contributed by atoms with Crippen molar-refractivity contribution in [1.82, 2.24) is 29.4 Å². The first-order valence-corrected chi connectivity index (χ1v) is 6.64. The lowest BCUT2D eigenvalue weighted by Gasteiger charge is -2.19. The van der Waals surface area contributed by atoms with Crippen LogP contribution in [-0.4, -0.2) is 36.4 Å². The number of nitrogens with zero attached hydrogens (tertiary/aromatic N) is 7. The molecular formula is C13H18N8. The summed E-state index contributed by atoms with van der Waals surface area (Å²) in [5.41, 5.74) is 9.98. The van der Waals surface area contributed by atoms with E-state index < -0.39 is 0 Å². The second-order valence-corrected chi connectivity index (χ2v) is 5.16. The van der Waals surface area contributed by atoms with E-state index in [2.05, 4.69) is 27.2 Å². The van der Waals surface area contributed by atoms with Gasteiger partial charge in [0.2, 0.25) is 5.95 Å². The molecule has 0 bridgehead atoms. The first kappa shape index (κ1) is 13.3. The molecule has 0 atom stereocenters. The highest BCUT2D eigenvalue weighted by Crippen LogP contribution is 2.20. The Morgan fingerprint density at radius 3 is 2.76 bits per heavy atom. The van der Waals surface area contributed by atoms with E-state index in [4.69, 9.17) is 5.73 Å². The normalized spacial score (nSPS) is 11.2. The predicted octanol–water partition coefficient (Wildman–Crippen LogP) is 0.693. The molecule has 2 N–H and O–H groups in total. The minimum absolute atomic E-state index is 0.374. The van der Waals surface area contributed by atoms with Crippen molar-refractivity contribution in [3.05, 3.63) is 29.3 Å². The van der Waals surface area contributed by atoms with E-state index in [9.17, 15) is 0 Å². The van der Waals surface area contributed by atoms with E-state index in [1.807, 2.05) is 36.7 Å². The number of aryl methyl sites for hydroxylation is 2. The van der Waals surface area contributed by atoms with Gasteiger partial charge in [-0.25, -0.2) is 0 Å². The Morgan fingerprint density at radius 2 is 2.10 bits per heavy atom. The summed E-state index contributed by atoms with van der Waals surface area (Å²) in [6, 6.07) is 1.87. The molecule has 3 aromatic rings. The third-order valence-electron chi connectivity index (χ3n) is 3.75. The minimum atomic E-state index is 0.374. The van der Waals surface area contributed by atoms with Gasteiger partial charge in [0.15, 0.2) is 5.65 Å². The van der Waals surface area contributed by atoms with Crippen LogP contribution in [0, 0.1) is 13.8 Å². The molecule has 0 unspecified atom stereocenters. The zero-order valence-corrected chi connectivity index (χ0v) is 12.6. The van der Waals surface area contributed by atoms with Gasteiger partial charge in [0.1, 0.15) is 12.1 Å². The maximum Gasteiger partial charge on any atom is 0.209 e. The van der Waals surface area contributed by atoms with Gasteiger partial charge in [-0.05, 0) is 13.8 Å². The lowest BCUT2D eigenvalue weighted by Crippen LogP contribution is -2.19. The van der Waals surface area contributed by atoms with Gasteiger partial charge >= 0.3 is 0 Å². The highest BCUT2D eigenvalue weighted by Gasteiger charge is 2.14. The van der Waals surface area contributed by atoms with Crippen molar-refractivity contribution < 1.29 is 0 Å². The standard InChI is InChI=1S/C13H18N8/c1-8-10(9(2)20(4)18-8)6-19(3)11-5-12-17-15-7-21(12)13(14)16-11/h5,7H,6H2,1-4H3,(H2,14,16). The van der Waals surface area contributed by atoms with Crippen LogP contribution in [0.25, 0.3) is 5.65 Å². The Labute approximate surface area is 122 Å². The Balaban J connectivity index is 1.95. The van der Waals surface area contributed by atoms with Crippen LogP contribution in [-0.2, 0) is 13.6 Å². The summed E-state index contributed by atoms with van der Waals surface area (Å²) in [6.07, 6.45) is 1.55. The zero-order valence-electron chi connectivity index (χ0n) is 12.6. The van der Waals surface area contributed by atoms with Gasteiger partial charge in [-0.3, -0.25) is 9.08 Å². The van der Waals surface area contributed by atoms with E-state index in [0.717, 1.165) is 17.2 Å². The monoisotopic (exact) mass is 286 g/mol. The fourth-order valence-electron chi connectivity index (χ4n) is 2.40. The number of nitrogens with two attached hydrogens (primary N) is 1. The molecule has 110 valence electrons. The SMILES string of the molecule is Cc1nn(C)c(C)c1CN(C)c1cc2nncn2c(N)n1. The molecule has 8 nitrogen and oxygen atoms in total. The van der Waals surface area contributed by atoms with E-state index in [-0.39, 0.29) is 0 Å². The second-order valence-electron chi connectivity index (χ2n) is 5.16. The Bertz CT molecular complexity index is 800. The lowest BCUT2D eigenvalue weighted by molar-refractivity contribution is 0.729. The third kappa shape index (κ3) is 2.18. The fraction of sp³-hybridized carbons (Fsp3) is 0.385. The fourth-order valence-corrected chi connectivity index (χ4v) is 2.40. The van der Waals surface area contributed by atoms with Crippen LogP contribution in [0.5, 0.6) is 0 Å². The van der Waals surface area contributed by atoms with Crippen LogP contribution in [0.3, 0.4) is 0 Å². The van der Waals surface area contributed by atoms with Crippen LogP contribution in [0.15, 0.2) is 12.4 Å². The van der Waals surface area contributed by atoms with Crippen molar-refractivity contribution in [3.63, 3.8) is 0 Å². The number of anilines is 2. The molecule has 3 rings (SSSR count). The van der Waals surface area contributed by atoms with Gasteiger partial charge in [-0.15, -0.1) is 10.2 Å². The number of fused-ring (bicyclic) bond motifs is 1. The van der Waals surface area contributed by atoms with Crippen molar-refractivity contribution in [3.8, 4) is 0 Å². The van der Waals surface area contributed by atoms with Gasteiger partial charge in [-0.1, -0.05) is 0 Å². The molecule has 0 spiro atoms. The number of hydrogen-bond donors (Lipinski definition) is 1. The molecule has 0 aliphatic rings. The minimum Gasteiger partial charge on any atom is -0.369 e. The van der Waals surface area contributed by atoms with Crippen molar-refractivity contribution in [2.45, 2.75) is 20.4 Å². The highest BCUT2D eigenvalue weighted by atomic mass is 15.3. The number of rotatable bonds is 3. The predicted molar refractivity (Wildman–Crippen MR) is 80.0 cm³/mol. The first-order chi connectivity index (χ1) is 9.97. The molecule has 0 aliphatic carbocycles. The maximum absolute atomic E-state index is 5.93. The van der Waals surface area contributed by atoms with E-state index in [1.165, 1.54) is 5.56 Å². The Hall–Kier alpha value is -2.64. The van der Waals surface area contributed by atoms with Gasteiger partial charge in [0.25, 0.3) is 0 Å².